The Labute approximate surface area is 94.7 Å². The highest BCUT2D eigenvalue weighted by Gasteiger charge is 2.18. The van der Waals surface area contributed by atoms with Crippen LogP contribution in [-0.2, 0) is 11.2 Å². The lowest BCUT2D eigenvalue weighted by Gasteiger charge is -2.04. The minimum atomic E-state index is 0.384. The summed E-state index contributed by atoms with van der Waals surface area (Å²) in [6.45, 7) is 4.62. The van der Waals surface area contributed by atoms with Crippen LogP contribution in [0.3, 0.4) is 0 Å². The van der Waals surface area contributed by atoms with Crippen molar-refractivity contribution in [3.8, 4) is 0 Å². The highest BCUT2D eigenvalue weighted by atomic mass is 32.1. The Bertz CT molecular complexity index is 307. The van der Waals surface area contributed by atoms with Gasteiger partial charge in [0.1, 0.15) is 0 Å². The summed E-state index contributed by atoms with van der Waals surface area (Å²) in [5.74, 6) is 1.06. The van der Waals surface area contributed by atoms with Crippen molar-refractivity contribution in [2.75, 3.05) is 19.8 Å². The van der Waals surface area contributed by atoms with Crippen LogP contribution >= 0.6 is 11.3 Å². The van der Waals surface area contributed by atoms with Crippen LogP contribution in [0.2, 0.25) is 0 Å². The van der Waals surface area contributed by atoms with Gasteiger partial charge in [-0.2, -0.15) is 0 Å². The van der Waals surface area contributed by atoms with Gasteiger partial charge in [0.2, 0.25) is 0 Å². The van der Waals surface area contributed by atoms with E-state index in [4.69, 9.17) is 10.5 Å². The predicted molar refractivity (Wildman–Crippen MR) is 62.2 cm³/mol. The minimum Gasteiger partial charge on any atom is -0.381 e. The first-order valence-corrected chi connectivity index (χ1v) is 6.39. The molecule has 0 bridgehead atoms. The van der Waals surface area contributed by atoms with Crippen molar-refractivity contribution in [2.45, 2.75) is 25.7 Å². The number of rotatable bonds is 4. The molecule has 0 aromatic carbocycles. The maximum atomic E-state index is 5.62. The molecule has 0 saturated carbocycles. The molecule has 1 aliphatic rings. The van der Waals surface area contributed by atoms with Crippen molar-refractivity contribution in [3.05, 3.63) is 16.1 Å². The van der Waals surface area contributed by atoms with Crippen LogP contribution in [0.25, 0.3) is 0 Å². The van der Waals surface area contributed by atoms with Gasteiger partial charge in [-0.25, -0.2) is 4.98 Å². The molecule has 0 spiro atoms. The molecule has 0 radical (unpaired) electrons. The van der Waals surface area contributed by atoms with Gasteiger partial charge in [0.05, 0.1) is 10.7 Å². The highest BCUT2D eigenvalue weighted by Crippen LogP contribution is 2.23. The Morgan fingerprint density at radius 3 is 3.27 bits per heavy atom. The Balaban J connectivity index is 1.94. The largest absolute Gasteiger partial charge is 0.381 e. The second-order valence-electron chi connectivity index (χ2n) is 4.24. The summed E-state index contributed by atoms with van der Waals surface area (Å²) in [4.78, 5) is 4.63. The maximum Gasteiger partial charge on any atom is 0.0932 e. The molecule has 1 saturated heterocycles. The predicted octanol–water partition coefficient (Wildman–Crippen LogP) is 1.78. The monoisotopic (exact) mass is 226 g/mol. The van der Waals surface area contributed by atoms with Crippen LogP contribution < -0.4 is 5.73 Å². The van der Waals surface area contributed by atoms with E-state index in [-0.39, 0.29) is 0 Å². The first kappa shape index (κ1) is 11.0. The van der Waals surface area contributed by atoms with E-state index in [9.17, 15) is 0 Å². The first-order chi connectivity index (χ1) is 7.29. The first-order valence-electron chi connectivity index (χ1n) is 5.51. The zero-order valence-electron chi connectivity index (χ0n) is 9.11. The third kappa shape index (κ3) is 2.77. The molecule has 1 aliphatic heterocycles. The van der Waals surface area contributed by atoms with E-state index in [0.29, 0.717) is 18.4 Å². The number of nitrogens with zero attached hydrogens (tertiary/aromatic N) is 1. The molecule has 0 amide bonds. The average Bonchev–Trinajstić information content (AvgIpc) is 2.88. The fraction of sp³-hybridized carbons (Fsp3) is 0.727. The Morgan fingerprint density at radius 1 is 1.73 bits per heavy atom. The average molecular weight is 226 g/mol. The van der Waals surface area contributed by atoms with Gasteiger partial charge >= 0.3 is 0 Å². The number of ether oxygens (including phenoxy) is 1. The van der Waals surface area contributed by atoms with Crippen LogP contribution in [0.1, 0.15) is 30.0 Å². The number of hydrogen-bond donors (Lipinski definition) is 1. The van der Waals surface area contributed by atoms with Gasteiger partial charge in [0.15, 0.2) is 0 Å². The smallest absolute Gasteiger partial charge is 0.0932 e. The van der Waals surface area contributed by atoms with E-state index < -0.39 is 0 Å². The quantitative estimate of drug-likeness (QED) is 0.851. The van der Waals surface area contributed by atoms with Crippen molar-refractivity contribution < 1.29 is 4.74 Å². The van der Waals surface area contributed by atoms with E-state index in [1.165, 1.54) is 11.4 Å². The highest BCUT2D eigenvalue weighted by molar-refractivity contribution is 7.09. The molecule has 0 aliphatic carbocycles. The molecule has 1 aromatic heterocycles. The second-order valence-corrected chi connectivity index (χ2v) is 5.18. The lowest BCUT2D eigenvalue weighted by atomic mass is 10.1. The molecule has 2 atom stereocenters. The lowest BCUT2D eigenvalue weighted by molar-refractivity contribution is 0.186. The van der Waals surface area contributed by atoms with Crippen LogP contribution in [0.5, 0.6) is 0 Å². The van der Waals surface area contributed by atoms with Crippen LogP contribution in [-0.4, -0.2) is 24.7 Å². The summed E-state index contributed by atoms with van der Waals surface area (Å²) < 4.78 is 5.36. The van der Waals surface area contributed by atoms with Crippen LogP contribution in [0.4, 0.5) is 0 Å². The summed E-state index contributed by atoms with van der Waals surface area (Å²) in [7, 11) is 0. The second kappa shape index (κ2) is 5.05. The van der Waals surface area contributed by atoms with Crippen molar-refractivity contribution in [1.29, 1.82) is 0 Å². The van der Waals surface area contributed by atoms with Gasteiger partial charge in [-0.3, -0.25) is 0 Å². The fourth-order valence-corrected chi connectivity index (χ4v) is 2.79. The Morgan fingerprint density at radius 2 is 2.60 bits per heavy atom. The molecule has 3 nitrogen and oxygen atoms in total. The number of thiazole rings is 1. The van der Waals surface area contributed by atoms with Crippen LogP contribution in [0, 0.1) is 5.92 Å². The molecule has 2 heterocycles. The van der Waals surface area contributed by atoms with E-state index in [1.807, 2.05) is 0 Å². The molecule has 2 unspecified atom stereocenters. The van der Waals surface area contributed by atoms with Crippen LogP contribution in [0.15, 0.2) is 5.38 Å². The normalized spacial score (nSPS) is 23.2. The molecular weight excluding hydrogens is 208 g/mol. The van der Waals surface area contributed by atoms with E-state index in [0.717, 1.165) is 25.3 Å². The van der Waals surface area contributed by atoms with E-state index >= 15 is 0 Å². The standard InChI is InChI=1S/C11H18N2OS/c1-8(5-12)10-7-15-11(13-10)4-9-2-3-14-6-9/h7-9H,2-6,12H2,1H3. The van der Waals surface area contributed by atoms with Crippen molar-refractivity contribution in [1.82, 2.24) is 4.98 Å². The maximum absolute atomic E-state index is 5.62. The summed E-state index contributed by atoms with van der Waals surface area (Å²) >= 11 is 1.76. The third-order valence-corrected chi connectivity index (χ3v) is 3.80. The van der Waals surface area contributed by atoms with Gasteiger partial charge in [-0.05, 0) is 12.3 Å². The Kier molecular flexibility index (Phi) is 3.72. The summed E-state index contributed by atoms with van der Waals surface area (Å²) in [6, 6.07) is 0. The third-order valence-electron chi connectivity index (χ3n) is 2.92. The van der Waals surface area contributed by atoms with Gasteiger partial charge in [0, 0.05) is 37.5 Å². The molecule has 1 aromatic rings. The molecule has 4 heteroatoms. The zero-order valence-corrected chi connectivity index (χ0v) is 9.93. The van der Waals surface area contributed by atoms with E-state index in [2.05, 4.69) is 17.3 Å². The lowest BCUT2D eigenvalue weighted by Crippen LogP contribution is -2.09. The van der Waals surface area contributed by atoms with Crippen molar-refractivity contribution >= 4 is 11.3 Å². The number of aromatic nitrogens is 1. The number of hydrogen-bond acceptors (Lipinski definition) is 4. The van der Waals surface area contributed by atoms with E-state index in [1.54, 1.807) is 11.3 Å². The van der Waals surface area contributed by atoms with Gasteiger partial charge in [-0.1, -0.05) is 6.92 Å². The van der Waals surface area contributed by atoms with Crippen molar-refractivity contribution in [3.63, 3.8) is 0 Å². The van der Waals surface area contributed by atoms with Gasteiger partial charge in [0.25, 0.3) is 0 Å². The van der Waals surface area contributed by atoms with Gasteiger partial charge in [-0.15, -0.1) is 11.3 Å². The Hall–Kier alpha value is -0.450. The molecule has 1 fully saturated rings. The zero-order chi connectivity index (χ0) is 10.7. The SMILES string of the molecule is CC(CN)c1csc(CC2CCOC2)n1. The number of nitrogens with two attached hydrogens (primary N) is 1. The topological polar surface area (TPSA) is 48.1 Å². The molecular formula is C11H18N2OS. The summed E-state index contributed by atoms with van der Waals surface area (Å²) in [5, 5.41) is 3.38. The fourth-order valence-electron chi connectivity index (χ4n) is 1.76. The summed E-state index contributed by atoms with van der Waals surface area (Å²) in [6.07, 6.45) is 2.25. The molecule has 2 rings (SSSR count). The molecule has 2 N–H and O–H groups in total. The molecule has 15 heavy (non-hydrogen) atoms. The minimum absolute atomic E-state index is 0.384. The van der Waals surface area contributed by atoms with Crippen molar-refractivity contribution in [2.24, 2.45) is 11.7 Å². The summed E-state index contributed by atoms with van der Waals surface area (Å²) in [5.41, 5.74) is 6.77. The van der Waals surface area contributed by atoms with Gasteiger partial charge < -0.3 is 10.5 Å². The molecule has 84 valence electrons.